The van der Waals surface area contributed by atoms with Gasteiger partial charge in [-0.3, -0.25) is 39.8 Å². The van der Waals surface area contributed by atoms with Crippen molar-refractivity contribution in [2.45, 2.75) is 79.7 Å². The van der Waals surface area contributed by atoms with Gasteiger partial charge in [-0.2, -0.15) is 0 Å². The summed E-state index contributed by atoms with van der Waals surface area (Å²) in [6.45, 7) is 9.81. The van der Waals surface area contributed by atoms with E-state index in [4.69, 9.17) is 0 Å². The number of ether oxygens (including phenoxy) is 2. The normalized spacial score (nSPS) is 15.2. The molecular weight excluding hydrogens is 448 g/mol. The molecule has 1 aliphatic heterocycles. The summed E-state index contributed by atoms with van der Waals surface area (Å²) in [5.74, 6) is -1.63. The van der Waals surface area contributed by atoms with Gasteiger partial charge in [-0.25, -0.2) is 9.80 Å². The number of hydrogen-bond acceptors (Lipinski definition) is 8. The van der Waals surface area contributed by atoms with Gasteiger partial charge in [0.2, 0.25) is 23.6 Å². The third-order valence-corrected chi connectivity index (χ3v) is 4.57. The van der Waals surface area contributed by atoms with Crippen LogP contribution < -0.4 is 10.9 Å². The fourth-order valence-corrected chi connectivity index (χ4v) is 2.89. The second-order valence-corrected chi connectivity index (χ2v) is 7.62. The Morgan fingerprint density at radius 3 is 1.79 bits per heavy atom. The molecule has 1 rings (SSSR count). The van der Waals surface area contributed by atoms with Gasteiger partial charge < -0.3 is 9.47 Å². The van der Waals surface area contributed by atoms with Crippen LogP contribution in [0.1, 0.15) is 73.6 Å². The van der Waals surface area contributed by atoms with E-state index in [1.165, 1.54) is 51.9 Å². The van der Waals surface area contributed by atoms with Gasteiger partial charge in [-0.15, -0.1) is 0 Å². The second kappa shape index (κ2) is 18.3. The highest BCUT2D eigenvalue weighted by Gasteiger charge is 2.37. The van der Waals surface area contributed by atoms with Crippen LogP contribution in [0.25, 0.3) is 0 Å². The number of nitrogens with one attached hydrogen (secondary N) is 2. The van der Waals surface area contributed by atoms with Crippen molar-refractivity contribution in [3.05, 3.63) is 0 Å². The van der Waals surface area contributed by atoms with Crippen LogP contribution in [0.4, 0.5) is 0 Å². The van der Waals surface area contributed by atoms with Gasteiger partial charge in [-0.05, 0) is 19.3 Å². The highest BCUT2D eigenvalue weighted by molar-refractivity contribution is 5.86. The molecule has 12 nitrogen and oxygen atoms in total. The highest BCUT2D eigenvalue weighted by atomic mass is 16.5. The summed E-state index contributed by atoms with van der Waals surface area (Å²) in [7, 11) is 2.71. The summed E-state index contributed by atoms with van der Waals surface area (Å²) in [6, 6.07) is -0.680. The third kappa shape index (κ3) is 14.1. The van der Waals surface area contributed by atoms with Gasteiger partial charge in [-0.1, -0.05) is 26.7 Å². The smallest absolute Gasteiger partial charge is 0.330 e. The molecule has 0 radical (unpaired) electrons. The number of carbonyl (C=O) groups is 6. The maximum absolute atomic E-state index is 11.5. The summed E-state index contributed by atoms with van der Waals surface area (Å²) in [4.78, 5) is 65.2. The molecule has 1 heterocycles. The van der Waals surface area contributed by atoms with E-state index >= 15 is 0 Å². The van der Waals surface area contributed by atoms with Crippen molar-refractivity contribution in [3.63, 3.8) is 0 Å². The highest BCUT2D eigenvalue weighted by Crippen LogP contribution is 2.19. The Kier molecular flexibility index (Phi) is 17.7. The first-order valence-corrected chi connectivity index (χ1v) is 11.1. The molecule has 196 valence electrons. The van der Waals surface area contributed by atoms with Crippen LogP contribution in [-0.2, 0) is 38.2 Å². The molecule has 34 heavy (non-hydrogen) atoms. The van der Waals surface area contributed by atoms with Crippen molar-refractivity contribution < 1.29 is 38.2 Å². The Hall–Kier alpha value is -3.18. The molecule has 0 bridgehead atoms. The maximum Gasteiger partial charge on any atom is 0.330 e. The predicted molar refractivity (Wildman–Crippen MR) is 123 cm³/mol. The Balaban J connectivity index is 0. The van der Waals surface area contributed by atoms with Crippen molar-refractivity contribution in [2.24, 2.45) is 5.92 Å². The average molecular weight is 489 g/mol. The molecule has 0 aromatic heterocycles. The molecule has 4 amide bonds. The zero-order chi connectivity index (χ0) is 26.8. The van der Waals surface area contributed by atoms with E-state index in [-0.39, 0.29) is 35.5 Å². The number of rotatable bonds is 5. The lowest BCUT2D eigenvalue weighted by atomic mass is 10.1. The molecule has 2 unspecified atom stereocenters. The molecule has 1 saturated heterocycles. The Morgan fingerprint density at radius 1 is 0.912 bits per heavy atom. The van der Waals surface area contributed by atoms with Crippen LogP contribution in [0.2, 0.25) is 0 Å². The van der Waals surface area contributed by atoms with E-state index < -0.39 is 12.0 Å². The summed E-state index contributed by atoms with van der Waals surface area (Å²) in [6.07, 6.45) is 4.40. The summed E-state index contributed by atoms with van der Waals surface area (Å²) in [5.41, 5.74) is 4.21. The van der Waals surface area contributed by atoms with Crippen molar-refractivity contribution in [2.75, 3.05) is 20.8 Å². The lowest BCUT2D eigenvalue weighted by molar-refractivity contribution is -0.181. The van der Waals surface area contributed by atoms with Gasteiger partial charge in [0.25, 0.3) is 0 Å². The van der Waals surface area contributed by atoms with E-state index in [9.17, 15) is 28.8 Å². The lowest BCUT2D eigenvalue weighted by Crippen LogP contribution is -2.59. The number of esters is 2. The van der Waals surface area contributed by atoms with Crippen LogP contribution in [0.3, 0.4) is 0 Å². The molecule has 1 aliphatic rings. The van der Waals surface area contributed by atoms with Crippen LogP contribution in [0.5, 0.6) is 0 Å². The number of hydrogen-bond donors (Lipinski definition) is 2. The predicted octanol–water partition coefficient (Wildman–Crippen LogP) is 1.09. The first kappa shape index (κ1) is 33.0. The molecule has 12 heteroatoms. The van der Waals surface area contributed by atoms with E-state index in [1.807, 2.05) is 6.92 Å². The SMILES string of the molecule is CC(=O)NNC(C)=O.CCCCC(C)C(=O)OC.COC(=O)C1CCCN(C(C)=O)N1C(C)=O. The third-order valence-electron chi connectivity index (χ3n) is 4.57. The van der Waals surface area contributed by atoms with E-state index in [0.717, 1.165) is 19.3 Å². The van der Waals surface area contributed by atoms with Crippen molar-refractivity contribution in [3.8, 4) is 0 Å². The monoisotopic (exact) mass is 488 g/mol. The van der Waals surface area contributed by atoms with Crippen molar-refractivity contribution in [1.29, 1.82) is 0 Å². The van der Waals surface area contributed by atoms with Crippen LogP contribution in [0.15, 0.2) is 0 Å². The lowest BCUT2D eigenvalue weighted by Gasteiger charge is -2.41. The fourth-order valence-electron chi connectivity index (χ4n) is 2.89. The van der Waals surface area contributed by atoms with Crippen molar-refractivity contribution >= 4 is 35.6 Å². The van der Waals surface area contributed by atoms with Gasteiger partial charge in [0.1, 0.15) is 0 Å². The van der Waals surface area contributed by atoms with Crippen LogP contribution in [-0.4, -0.2) is 72.4 Å². The molecule has 0 aromatic rings. The molecule has 0 spiro atoms. The zero-order valence-electron chi connectivity index (χ0n) is 21.6. The van der Waals surface area contributed by atoms with E-state index in [0.29, 0.717) is 19.4 Å². The summed E-state index contributed by atoms with van der Waals surface area (Å²) in [5, 5.41) is 2.49. The standard InChI is InChI=1S/C10H16N2O4.C8H16O2.C4H8N2O2/c1-7(13)11-6-4-5-9(10(15)16-3)12(11)8(2)14;1-4-5-6-7(2)8(9)10-3;1-3(7)5-6-4(2)8/h9H,4-6H2,1-3H3;7H,4-6H2,1-3H3;1-2H3,(H,5,7)(H,6,8). The number of unbranched alkanes of at least 4 members (excludes halogenated alkanes) is 1. The fraction of sp³-hybridized carbons (Fsp3) is 0.727. The molecular formula is C22H40N4O8. The topological polar surface area (TPSA) is 151 Å². The minimum atomic E-state index is -0.680. The Morgan fingerprint density at radius 2 is 1.44 bits per heavy atom. The number of amides is 4. The van der Waals surface area contributed by atoms with Crippen LogP contribution in [0, 0.1) is 5.92 Å². The van der Waals surface area contributed by atoms with Gasteiger partial charge in [0.05, 0.1) is 20.1 Å². The molecule has 0 aromatic carbocycles. The first-order chi connectivity index (χ1) is 15.8. The Labute approximate surface area is 201 Å². The number of carbonyl (C=O) groups excluding carboxylic acids is 6. The van der Waals surface area contributed by atoms with Crippen LogP contribution >= 0.6 is 0 Å². The van der Waals surface area contributed by atoms with E-state index in [1.54, 1.807) is 0 Å². The van der Waals surface area contributed by atoms with Gasteiger partial charge in [0.15, 0.2) is 6.04 Å². The second-order valence-electron chi connectivity index (χ2n) is 7.62. The van der Waals surface area contributed by atoms with Crippen molar-refractivity contribution in [1.82, 2.24) is 20.9 Å². The molecule has 2 atom stereocenters. The minimum absolute atomic E-state index is 0.0740. The number of nitrogens with zero attached hydrogens (tertiary/aromatic N) is 2. The summed E-state index contributed by atoms with van der Waals surface area (Å²) < 4.78 is 9.20. The van der Waals surface area contributed by atoms with E-state index in [2.05, 4.69) is 27.2 Å². The molecule has 0 saturated carbocycles. The molecule has 2 N–H and O–H groups in total. The number of methoxy groups -OCH3 is 2. The first-order valence-electron chi connectivity index (χ1n) is 11.1. The molecule has 1 fully saturated rings. The maximum atomic E-state index is 11.5. The summed E-state index contributed by atoms with van der Waals surface area (Å²) >= 11 is 0. The number of hydrazine groups is 2. The quantitative estimate of drug-likeness (QED) is 0.431. The van der Waals surface area contributed by atoms with Gasteiger partial charge in [0, 0.05) is 34.2 Å². The zero-order valence-corrected chi connectivity index (χ0v) is 21.6. The molecule has 0 aliphatic carbocycles. The van der Waals surface area contributed by atoms with Gasteiger partial charge >= 0.3 is 11.9 Å². The average Bonchev–Trinajstić information content (AvgIpc) is 2.80. The Bertz CT molecular complexity index is 684. The minimum Gasteiger partial charge on any atom is -0.469 e. The largest absolute Gasteiger partial charge is 0.469 e.